The number of quaternary nitrogens is 1. The van der Waals surface area contributed by atoms with E-state index in [1.165, 1.54) is 19.3 Å². The number of aryl methyl sites for hydroxylation is 2. The van der Waals surface area contributed by atoms with E-state index in [2.05, 4.69) is 37.1 Å². The molecule has 0 bridgehead atoms. The number of nitrogens with one attached hydrogen (secondary N) is 3. The molecular formula is C42H57BF2N7O10S+. The first-order valence-corrected chi connectivity index (χ1v) is 22.5. The first kappa shape index (κ1) is 48.5. The fourth-order valence-electron chi connectivity index (χ4n) is 7.65. The molecule has 0 radical (unpaired) electrons. The summed E-state index contributed by atoms with van der Waals surface area (Å²) in [4.78, 5) is 62.6. The number of benzene rings is 1. The summed E-state index contributed by atoms with van der Waals surface area (Å²) in [6.45, 7) is -1.33. The van der Waals surface area contributed by atoms with E-state index in [4.69, 9.17) is 9.47 Å². The molecule has 1 atom stereocenters. The van der Waals surface area contributed by atoms with Gasteiger partial charge in [0.2, 0.25) is 17.7 Å². The summed E-state index contributed by atoms with van der Waals surface area (Å²) in [5.74, 6) is -3.32. The van der Waals surface area contributed by atoms with E-state index in [1.807, 2.05) is 6.08 Å². The van der Waals surface area contributed by atoms with Crippen LogP contribution >= 0.6 is 0 Å². The van der Waals surface area contributed by atoms with Crippen molar-refractivity contribution in [1.82, 2.24) is 25.3 Å². The number of rotatable bonds is 24. The third-order valence-corrected chi connectivity index (χ3v) is 11.5. The van der Waals surface area contributed by atoms with Crippen molar-refractivity contribution >= 4 is 58.4 Å². The van der Waals surface area contributed by atoms with E-state index in [0.29, 0.717) is 53.2 Å². The topological polar surface area (TPSA) is 205 Å². The number of fused-ring (bicyclic) bond motifs is 2. The van der Waals surface area contributed by atoms with Gasteiger partial charge in [0.05, 0.1) is 54.6 Å². The molecule has 63 heavy (non-hydrogen) atoms. The van der Waals surface area contributed by atoms with Crippen LogP contribution in [0.15, 0.2) is 59.8 Å². The van der Waals surface area contributed by atoms with Crippen molar-refractivity contribution in [3.63, 3.8) is 0 Å². The van der Waals surface area contributed by atoms with Crippen LogP contribution in [-0.4, -0.2) is 153 Å². The Hall–Kier alpha value is -5.51. The number of carbonyl (C=O) groups excluding carboxylic acids is 5. The Morgan fingerprint density at radius 1 is 0.921 bits per heavy atom. The largest absolute Gasteiger partial charge is 0.737 e. The highest BCUT2D eigenvalue weighted by Crippen LogP contribution is 2.39. The van der Waals surface area contributed by atoms with Gasteiger partial charge < -0.3 is 47.5 Å². The lowest BCUT2D eigenvalue weighted by Crippen LogP contribution is -2.51. The van der Waals surface area contributed by atoms with Crippen LogP contribution in [-0.2, 0) is 45.2 Å². The highest BCUT2D eigenvalue weighted by molar-refractivity contribution is 7.85. The summed E-state index contributed by atoms with van der Waals surface area (Å²) in [6, 6.07) is 6.82. The molecule has 342 valence electrons. The van der Waals surface area contributed by atoms with Gasteiger partial charge >= 0.3 is 6.97 Å². The van der Waals surface area contributed by atoms with Crippen LogP contribution < -0.4 is 20.7 Å². The van der Waals surface area contributed by atoms with Crippen LogP contribution in [0.4, 0.5) is 8.63 Å². The average Bonchev–Trinajstić information content (AvgIpc) is 3.86. The van der Waals surface area contributed by atoms with Crippen molar-refractivity contribution in [3.05, 3.63) is 82.3 Å². The van der Waals surface area contributed by atoms with E-state index in [-0.39, 0.29) is 63.7 Å². The monoisotopic (exact) mass is 900 g/mol. The summed E-state index contributed by atoms with van der Waals surface area (Å²) in [5, 5.41) is 7.51. The number of nitrogens with zero attached hydrogens (tertiary/aromatic N) is 4. The molecule has 3 aliphatic heterocycles. The maximum atomic E-state index is 17.1. The first-order chi connectivity index (χ1) is 29.7. The normalized spacial score (nSPS) is 16.1. The van der Waals surface area contributed by atoms with Gasteiger partial charge in [0.25, 0.3) is 21.9 Å². The molecule has 0 aliphatic carbocycles. The van der Waals surface area contributed by atoms with Gasteiger partial charge in [-0.05, 0) is 74.2 Å². The third kappa shape index (κ3) is 13.0. The van der Waals surface area contributed by atoms with Crippen molar-refractivity contribution < 1.29 is 64.0 Å². The number of unbranched alkanes of at least 4 members (excludes halogenated alkanes) is 1. The van der Waals surface area contributed by atoms with Crippen LogP contribution in [0.25, 0.3) is 6.08 Å². The number of aromatic nitrogens is 1. The lowest BCUT2D eigenvalue weighted by atomic mass is 9.88. The van der Waals surface area contributed by atoms with E-state index in [9.17, 15) is 36.9 Å². The number of ether oxygens (including phenoxy) is 2. The molecule has 17 nitrogen and oxygen atoms in total. The lowest BCUT2D eigenvalue weighted by Gasteiger charge is -2.32. The molecule has 2 aromatic rings. The number of halogens is 2. The molecular weight excluding hydrogens is 843 g/mol. The van der Waals surface area contributed by atoms with Gasteiger partial charge in [-0.3, -0.25) is 33.4 Å². The minimum Gasteiger partial charge on any atom is -0.497 e. The number of allylic oxidation sites excluding steroid dienone is 2. The van der Waals surface area contributed by atoms with Gasteiger partial charge in [0.1, 0.15) is 17.5 Å². The lowest BCUT2D eigenvalue weighted by molar-refractivity contribution is -0.870. The zero-order chi connectivity index (χ0) is 46.1. The van der Waals surface area contributed by atoms with Crippen LogP contribution in [0.5, 0.6) is 5.75 Å². The van der Waals surface area contributed by atoms with Gasteiger partial charge in [0, 0.05) is 73.5 Å². The quantitative estimate of drug-likeness (QED) is 0.0397. The predicted molar refractivity (Wildman–Crippen MR) is 231 cm³/mol. The van der Waals surface area contributed by atoms with Crippen molar-refractivity contribution in [1.29, 1.82) is 0 Å². The number of carbonyl (C=O) groups is 5. The number of imide groups is 1. The minimum absolute atomic E-state index is 0.0243. The SMILES string of the molecule is COc1ccc(C2=[N+]3C(=Cc4c(C)cc(CCC(=O)NC(CS(=O)(=O)O)C(=O)NCCCCC(=O)NCCOCCN5C(=O)C=CC5=O)n4[B-]3(F)F)C(CCC[N+](C)(C)C)=C2)cc1. The number of methoxy groups -OCH3 is 1. The van der Waals surface area contributed by atoms with Crippen molar-refractivity contribution in [2.45, 2.75) is 57.9 Å². The first-order valence-electron chi connectivity index (χ1n) is 20.9. The van der Waals surface area contributed by atoms with Crippen LogP contribution in [0.2, 0.25) is 0 Å². The molecule has 0 saturated carbocycles. The Balaban J connectivity index is 1.16. The van der Waals surface area contributed by atoms with Gasteiger partial charge in [-0.1, -0.05) is 0 Å². The highest BCUT2D eigenvalue weighted by Gasteiger charge is 2.54. The summed E-state index contributed by atoms with van der Waals surface area (Å²) < 4.78 is 80.9. The fraction of sp³-hybridized carbons (Fsp3) is 0.476. The molecule has 0 saturated heterocycles. The van der Waals surface area contributed by atoms with Gasteiger partial charge in [-0.15, -0.1) is 0 Å². The third-order valence-electron chi connectivity index (χ3n) is 10.8. The van der Waals surface area contributed by atoms with Crippen LogP contribution in [0.3, 0.4) is 0 Å². The maximum Gasteiger partial charge on any atom is 0.737 e. The molecule has 5 amide bonds. The Bertz CT molecular complexity index is 2300. The Morgan fingerprint density at radius 2 is 1.62 bits per heavy atom. The highest BCUT2D eigenvalue weighted by atomic mass is 32.2. The summed E-state index contributed by atoms with van der Waals surface area (Å²) in [6.07, 6.45) is 7.53. The summed E-state index contributed by atoms with van der Waals surface area (Å²) in [5.41, 5.74) is 3.18. The van der Waals surface area contributed by atoms with E-state index in [1.54, 1.807) is 43.3 Å². The van der Waals surface area contributed by atoms with Crippen molar-refractivity contribution in [2.75, 3.05) is 73.4 Å². The number of hydrogen-bond acceptors (Lipinski definition) is 9. The van der Waals surface area contributed by atoms with Crippen LogP contribution in [0.1, 0.15) is 61.0 Å². The summed E-state index contributed by atoms with van der Waals surface area (Å²) in [7, 11) is 3.02. The van der Waals surface area contributed by atoms with Crippen molar-refractivity contribution in [2.24, 2.45) is 0 Å². The zero-order valence-electron chi connectivity index (χ0n) is 36.3. The molecule has 0 fully saturated rings. The molecule has 4 heterocycles. The number of amides is 5. The molecule has 5 rings (SSSR count). The second-order valence-corrected chi connectivity index (χ2v) is 18.2. The minimum atomic E-state index is -4.74. The molecule has 21 heteroatoms. The van der Waals surface area contributed by atoms with Gasteiger partial charge in [-0.25, -0.2) is 0 Å². The van der Waals surface area contributed by atoms with Gasteiger partial charge in [-0.2, -0.15) is 8.42 Å². The predicted octanol–water partition coefficient (Wildman–Crippen LogP) is 1.96. The zero-order valence-corrected chi connectivity index (χ0v) is 37.1. The second-order valence-electron chi connectivity index (χ2n) is 16.7. The fourth-order valence-corrected chi connectivity index (χ4v) is 8.31. The molecule has 1 aromatic heterocycles. The summed E-state index contributed by atoms with van der Waals surface area (Å²) >= 11 is 0. The Labute approximate surface area is 366 Å². The van der Waals surface area contributed by atoms with E-state index < -0.39 is 52.5 Å². The molecule has 1 aromatic carbocycles. The van der Waals surface area contributed by atoms with E-state index >= 15 is 8.63 Å². The second kappa shape index (κ2) is 20.8. The Morgan fingerprint density at radius 3 is 2.27 bits per heavy atom. The molecule has 0 spiro atoms. The number of hydrogen-bond donors (Lipinski definition) is 4. The standard InChI is InChI=1S/C42H56BF2N7O10S/c1-29-25-32(50-35(29)27-37-31(9-8-22-52(2,3)4)26-36(51(37)43(50,44)45)30-11-14-33(61-5)15-12-30)13-16-39(54)48-34(28-63(58,59)60)42(57)47-19-7-6-10-38(53)46-20-23-62-24-21-49-40(55)17-18-41(49)56/h11-12,14-15,17-18,25-27,34H,6-10,13,16,19-24,28H2,1-5H3,(H3-,46,47,48,53,54,57,58,59,60)/p+1. The van der Waals surface area contributed by atoms with Crippen molar-refractivity contribution in [3.8, 4) is 5.75 Å². The van der Waals surface area contributed by atoms with E-state index in [0.717, 1.165) is 36.9 Å². The average molecular weight is 901 g/mol. The molecule has 3 aliphatic rings. The van der Waals surface area contributed by atoms with Crippen LogP contribution in [0, 0.1) is 6.92 Å². The molecule has 1 unspecified atom stereocenters. The maximum absolute atomic E-state index is 17.1. The Kier molecular flexibility index (Phi) is 16.0. The van der Waals surface area contributed by atoms with Gasteiger partial charge in [0.15, 0.2) is 11.4 Å². The molecule has 4 N–H and O–H groups in total. The smallest absolute Gasteiger partial charge is 0.497 e.